The van der Waals surface area contributed by atoms with Gasteiger partial charge in [0.25, 0.3) is 0 Å². The van der Waals surface area contributed by atoms with Crippen LogP contribution in [0.5, 0.6) is 0 Å². The van der Waals surface area contributed by atoms with Gasteiger partial charge in [0.05, 0.1) is 0 Å². The first-order chi connectivity index (χ1) is 12.1. The summed E-state index contributed by atoms with van der Waals surface area (Å²) in [5, 5.41) is 7.40. The van der Waals surface area contributed by atoms with Crippen molar-refractivity contribution in [3.05, 3.63) is 54.1 Å². The molecule has 1 atom stereocenters. The molecule has 1 N–H and O–H groups in total. The zero-order chi connectivity index (χ0) is 17.4. The maximum absolute atomic E-state index is 12.9. The van der Waals surface area contributed by atoms with Crippen LogP contribution in [-0.2, 0) is 24.8 Å². The fourth-order valence-corrected chi connectivity index (χ4v) is 3.36. The zero-order valence-electron chi connectivity index (χ0n) is 14.4. The van der Waals surface area contributed by atoms with Crippen molar-refractivity contribution in [1.82, 2.24) is 19.3 Å². The number of imidazole rings is 1. The minimum absolute atomic E-state index is 0.0389. The van der Waals surface area contributed by atoms with Gasteiger partial charge in [-0.3, -0.25) is 9.48 Å². The Morgan fingerprint density at radius 2 is 2.04 bits per heavy atom. The third-order valence-corrected chi connectivity index (χ3v) is 4.93. The first-order valence-corrected chi connectivity index (χ1v) is 8.54. The number of nitrogens with one attached hydrogen (secondary N) is 1. The molecule has 0 spiro atoms. The summed E-state index contributed by atoms with van der Waals surface area (Å²) in [6.07, 6.45) is 3.33. The topological polar surface area (TPSA) is 64.7 Å². The van der Waals surface area contributed by atoms with Crippen LogP contribution in [0, 0.1) is 12.8 Å². The van der Waals surface area contributed by atoms with Crippen LogP contribution in [-0.4, -0.2) is 25.2 Å². The van der Waals surface area contributed by atoms with E-state index in [-0.39, 0.29) is 11.8 Å². The van der Waals surface area contributed by atoms with Crippen molar-refractivity contribution in [2.24, 2.45) is 13.0 Å². The third-order valence-electron chi connectivity index (χ3n) is 4.93. The predicted octanol–water partition coefficient (Wildman–Crippen LogP) is 2.79. The van der Waals surface area contributed by atoms with Crippen LogP contribution in [0.4, 0.5) is 5.82 Å². The Morgan fingerprint density at radius 3 is 2.84 bits per heavy atom. The molecule has 2 aromatic heterocycles. The summed E-state index contributed by atoms with van der Waals surface area (Å²) in [5.41, 5.74) is 2.94. The summed E-state index contributed by atoms with van der Waals surface area (Å²) in [7, 11) is 1.93. The van der Waals surface area contributed by atoms with Crippen LogP contribution in [0.15, 0.2) is 42.6 Å². The second-order valence-corrected chi connectivity index (χ2v) is 6.51. The second kappa shape index (κ2) is 6.20. The Hall–Kier alpha value is -2.89. The molecule has 128 valence electrons. The lowest BCUT2D eigenvalue weighted by Gasteiger charge is -2.22. The third kappa shape index (κ3) is 2.84. The van der Waals surface area contributed by atoms with Crippen molar-refractivity contribution >= 4 is 11.7 Å². The molecule has 4 rings (SSSR count). The number of carbonyl (C=O) groups excluding carboxylic acids is 1. The van der Waals surface area contributed by atoms with Crippen LogP contribution in [0.25, 0.3) is 11.3 Å². The summed E-state index contributed by atoms with van der Waals surface area (Å²) in [4.78, 5) is 17.5. The molecule has 0 bridgehead atoms. The van der Waals surface area contributed by atoms with Gasteiger partial charge in [-0.15, -0.1) is 0 Å². The van der Waals surface area contributed by atoms with Crippen LogP contribution >= 0.6 is 0 Å². The molecule has 25 heavy (non-hydrogen) atoms. The molecule has 3 heterocycles. The quantitative estimate of drug-likeness (QED) is 0.800. The molecule has 0 saturated carbocycles. The van der Waals surface area contributed by atoms with Crippen molar-refractivity contribution < 1.29 is 4.79 Å². The monoisotopic (exact) mass is 335 g/mol. The maximum Gasteiger partial charge on any atom is 0.229 e. The van der Waals surface area contributed by atoms with Gasteiger partial charge in [0.15, 0.2) is 0 Å². The van der Waals surface area contributed by atoms with E-state index in [0.29, 0.717) is 0 Å². The van der Waals surface area contributed by atoms with Gasteiger partial charge in [-0.05, 0) is 19.4 Å². The number of hydrogen-bond acceptors (Lipinski definition) is 3. The predicted molar refractivity (Wildman–Crippen MR) is 96.0 cm³/mol. The van der Waals surface area contributed by atoms with Crippen molar-refractivity contribution in [1.29, 1.82) is 0 Å². The molecule has 1 amide bonds. The summed E-state index contributed by atoms with van der Waals surface area (Å²) < 4.78 is 3.92. The second-order valence-electron chi connectivity index (χ2n) is 6.51. The summed E-state index contributed by atoms with van der Waals surface area (Å²) in [6.45, 7) is 2.73. The van der Waals surface area contributed by atoms with E-state index in [9.17, 15) is 4.79 Å². The average molecular weight is 335 g/mol. The van der Waals surface area contributed by atoms with E-state index in [1.807, 2.05) is 59.6 Å². The summed E-state index contributed by atoms with van der Waals surface area (Å²) >= 11 is 0. The molecule has 6 heteroatoms. The molecule has 0 aliphatic carbocycles. The van der Waals surface area contributed by atoms with E-state index >= 15 is 0 Å². The highest BCUT2D eigenvalue weighted by molar-refractivity contribution is 5.95. The van der Waals surface area contributed by atoms with E-state index in [0.717, 1.165) is 48.0 Å². The van der Waals surface area contributed by atoms with Gasteiger partial charge >= 0.3 is 0 Å². The molecular weight excluding hydrogens is 314 g/mol. The lowest BCUT2D eigenvalue weighted by atomic mass is 9.95. The number of nitrogens with zero attached hydrogens (tertiary/aromatic N) is 4. The standard InChI is InChI=1S/C19H21N5O/c1-13-21-17(14-6-4-3-5-7-14)18(23(13)2)22-19(25)15-9-11-24-16(12-15)8-10-20-24/h3-8,10,15H,9,11-12H2,1-2H3,(H,22,25). The number of fused-ring (bicyclic) bond motifs is 1. The zero-order valence-corrected chi connectivity index (χ0v) is 14.4. The van der Waals surface area contributed by atoms with Crippen molar-refractivity contribution in [2.45, 2.75) is 26.3 Å². The van der Waals surface area contributed by atoms with Gasteiger partial charge in [0.2, 0.25) is 5.91 Å². The highest BCUT2D eigenvalue weighted by Crippen LogP contribution is 2.29. The number of anilines is 1. The lowest BCUT2D eigenvalue weighted by molar-refractivity contribution is -0.120. The smallest absolute Gasteiger partial charge is 0.229 e. The Morgan fingerprint density at radius 1 is 1.24 bits per heavy atom. The number of aryl methyl sites for hydroxylation is 2. The Labute approximate surface area is 146 Å². The number of rotatable bonds is 3. The van der Waals surface area contributed by atoms with Crippen molar-refractivity contribution in [3.63, 3.8) is 0 Å². The molecule has 1 unspecified atom stereocenters. The molecule has 0 saturated heterocycles. The molecule has 0 fully saturated rings. The van der Waals surface area contributed by atoms with Crippen LogP contribution in [0.2, 0.25) is 0 Å². The first kappa shape index (κ1) is 15.6. The molecule has 1 aliphatic rings. The van der Waals surface area contributed by atoms with Gasteiger partial charge in [0, 0.05) is 43.4 Å². The normalized spacial score (nSPS) is 16.5. The number of benzene rings is 1. The Balaban J connectivity index is 1.60. The minimum atomic E-state index is -0.0389. The van der Waals surface area contributed by atoms with Crippen LogP contribution < -0.4 is 5.32 Å². The van der Waals surface area contributed by atoms with Gasteiger partial charge in [0.1, 0.15) is 17.3 Å². The van der Waals surface area contributed by atoms with Crippen molar-refractivity contribution in [2.75, 3.05) is 5.32 Å². The van der Waals surface area contributed by atoms with Crippen LogP contribution in [0.3, 0.4) is 0 Å². The van der Waals surface area contributed by atoms with E-state index in [1.165, 1.54) is 0 Å². The Bertz CT molecular complexity index is 909. The largest absolute Gasteiger partial charge is 0.318 e. The molecule has 6 nitrogen and oxygen atoms in total. The SMILES string of the molecule is Cc1nc(-c2ccccc2)c(NC(=O)C2CCn3nccc3C2)n1C. The molecule has 0 radical (unpaired) electrons. The van der Waals surface area contributed by atoms with E-state index in [1.54, 1.807) is 6.20 Å². The highest BCUT2D eigenvalue weighted by Gasteiger charge is 2.27. The number of amides is 1. The maximum atomic E-state index is 12.9. The Kier molecular flexibility index (Phi) is 3.87. The number of hydrogen-bond donors (Lipinski definition) is 1. The van der Waals surface area contributed by atoms with Gasteiger partial charge in [-0.25, -0.2) is 4.98 Å². The van der Waals surface area contributed by atoms with Crippen LogP contribution in [0.1, 0.15) is 17.9 Å². The van der Waals surface area contributed by atoms with E-state index in [4.69, 9.17) is 0 Å². The highest BCUT2D eigenvalue weighted by atomic mass is 16.2. The molecular formula is C19H21N5O. The molecule has 1 aliphatic heterocycles. The van der Waals surface area contributed by atoms with Gasteiger partial charge in [-0.1, -0.05) is 30.3 Å². The fourth-order valence-electron chi connectivity index (χ4n) is 3.36. The van der Waals surface area contributed by atoms with Gasteiger partial charge < -0.3 is 9.88 Å². The number of carbonyl (C=O) groups is 1. The molecule has 3 aromatic rings. The van der Waals surface area contributed by atoms with E-state index < -0.39 is 0 Å². The van der Waals surface area contributed by atoms with Crippen molar-refractivity contribution in [3.8, 4) is 11.3 Å². The molecule has 1 aromatic carbocycles. The first-order valence-electron chi connectivity index (χ1n) is 8.54. The van der Waals surface area contributed by atoms with E-state index in [2.05, 4.69) is 15.4 Å². The number of aromatic nitrogens is 4. The lowest BCUT2D eigenvalue weighted by Crippen LogP contribution is -2.31. The van der Waals surface area contributed by atoms with Gasteiger partial charge in [-0.2, -0.15) is 5.10 Å². The average Bonchev–Trinajstić information content (AvgIpc) is 3.21. The summed E-state index contributed by atoms with van der Waals surface area (Å²) in [6, 6.07) is 11.9. The fraction of sp³-hybridized carbons (Fsp3) is 0.316. The summed E-state index contributed by atoms with van der Waals surface area (Å²) in [5.74, 6) is 1.64. The minimum Gasteiger partial charge on any atom is -0.318 e.